The zero-order chi connectivity index (χ0) is 13.2. The second-order valence-corrected chi connectivity index (χ2v) is 5.36. The maximum absolute atomic E-state index is 12.3. The minimum atomic E-state index is -0.589. The molecule has 0 aromatic heterocycles. The zero-order valence-electron chi connectivity index (χ0n) is 10.7. The Morgan fingerprint density at radius 2 is 2.22 bits per heavy atom. The minimum Gasteiger partial charge on any atom is -0.299 e. The molecule has 0 aromatic rings. The molecular formula is C16H20O2. The summed E-state index contributed by atoms with van der Waals surface area (Å²) < 4.78 is 0. The first-order valence-corrected chi connectivity index (χ1v) is 6.61. The molecule has 96 valence electrons. The molecule has 1 fully saturated rings. The van der Waals surface area contributed by atoms with Crippen molar-refractivity contribution in [1.82, 2.24) is 0 Å². The number of hydrogen-bond acceptors (Lipinski definition) is 2. The van der Waals surface area contributed by atoms with E-state index in [1.54, 1.807) is 12.2 Å². The number of rotatable bonds is 6. The van der Waals surface area contributed by atoms with Crippen LogP contribution in [0.4, 0.5) is 0 Å². The van der Waals surface area contributed by atoms with E-state index in [4.69, 9.17) is 0 Å². The average Bonchev–Trinajstić information content (AvgIpc) is 2.37. The summed E-state index contributed by atoms with van der Waals surface area (Å²) in [5, 5.41) is 0. The predicted molar refractivity (Wildman–Crippen MR) is 72.0 cm³/mol. The third kappa shape index (κ3) is 2.00. The molecule has 3 rings (SSSR count). The molecule has 3 aliphatic rings. The van der Waals surface area contributed by atoms with Crippen molar-refractivity contribution in [3.63, 3.8) is 0 Å². The fourth-order valence-electron chi connectivity index (χ4n) is 3.28. The highest BCUT2D eigenvalue weighted by molar-refractivity contribution is 5.96. The van der Waals surface area contributed by atoms with Gasteiger partial charge in [0.1, 0.15) is 11.6 Å². The van der Waals surface area contributed by atoms with Crippen LogP contribution < -0.4 is 0 Å². The van der Waals surface area contributed by atoms with Crippen molar-refractivity contribution >= 4 is 11.6 Å². The minimum absolute atomic E-state index is 0.147. The van der Waals surface area contributed by atoms with E-state index in [0.29, 0.717) is 25.7 Å². The van der Waals surface area contributed by atoms with E-state index in [-0.39, 0.29) is 23.4 Å². The normalized spacial score (nSPS) is 33.4. The fourth-order valence-corrected chi connectivity index (χ4v) is 3.28. The molecule has 2 bridgehead atoms. The van der Waals surface area contributed by atoms with Crippen LogP contribution in [0.25, 0.3) is 0 Å². The van der Waals surface area contributed by atoms with Gasteiger partial charge in [-0.2, -0.15) is 0 Å². The highest BCUT2D eigenvalue weighted by Crippen LogP contribution is 2.50. The lowest BCUT2D eigenvalue weighted by Gasteiger charge is -2.45. The molecule has 3 atom stereocenters. The molecule has 0 spiro atoms. The number of carbonyl (C=O) groups is 2. The van der Waals surface area contributed by atoms with Crippen LogP contribution in [-0.2, 0) is 9.59 Å². The van der Waals surface area contributed by atoms with Crippen molar-refractivity contribution in [2.75, 3.05) is 0 Å². The van der Waals surface area contributed by atoms with Crippen molar-refractivity contribution in [2.24, 2.45) is 17.3 Å². The Balaban J connectivity index is 2.27. The Labute approximate surface area is 108 Å². The second-order valence-electron chi connectivity index (χ2n) is 5.36. The standard InChI is InChI=1S/C16H20O2/c1-3-5-6-14(17)13-10-12-7-9-16(13,8-4-2)15(18)11-12/h3-4,7,9,12-13H,1-2,5-6,8,10-11H2/t12-,13-,16+/m1/s1. The molecule has 0 unspecified atom stereocenters. The molecular weight excluding hydrogens is 224 g/mol. The van der Waals surface area contributed by atoms with Gasteiger partial charge in [0.2, 0.25) is 0 Å². The van der Waals surface area contributed by atoms with E-state index >= 15 is 0 Å². The van der Waals surface area contributed by atoms with Gasteiger partial charge < -0.3 is 0 Å². The van der Waals surface area contributed by atoms with Gasteiger partial charge in [0, 0.05) is 18.8 Å². The molecule has 2 heteroatoms. The lowest BCUT2D eigenvalue weighted by atomic mass is 9.55. The van der Waals surface area contributed by atoms with Crippen LogP contribution in [0.3, 0.4) is 0 Å². The number of ketones is 2. The summed E-state index contributed by atoms with van der Waals surface area (Å²) in [6.45, 7) is 7.39. The highest BCUT2D eigenvalue weighted by Gasteiger charge is 2.52. The maximum Gasteiger partial charge on any atom is 0.144 e. The summed E-state index contributed by atoms with van der Waals surface area (Å²) >= 11 is 0. The van der Waals surface area contributed by atoms with Crippen LogP contribution in [-0.4, -0.2) is 11.6 Å². The smallest absolute Gasteiger partial charge is 0.144 e. The van der Waals surface area contributed by atoms with E-state index in [2.05, 4.69) is 19.2 Å². The SMILES string of the molecule is C=CCCC(=O)[C@H]1C[C@H]2C=C[C@]1(CC=C)C(=O)C2. The van der Waals surface area contributed by atoms with Crippen molar-refractivity contribution in [3.8, 4) is 0 Å². The van der Waals surface area contributed by atoms with Crippen LogP contribution >= 0.6 is 0 Å². The highest BCUT2D eigenvalue weighted by atomic mass is 16.1. The molecule has 3 aliphatic carbocycles. The van der Waals surface area contributed by atoms with Crippen LogP contribution in [0.5, 0.6) is 0 Å². The van der Waals surface area contributed by atoms with Gasteiger partial charge in [-0.05, 0) is 25.2 Å². The molecule has 0 aromatic carbocycles. The van der Waals surface area contributed by atoms with Gasteiger partial charge >= 0.3 is 0 Å². The largest absolute Gasteiger partial charge is 0.299 e. The van der Waals surface area contributed by atoms with Crippen molar-refractivity contribution in [2.45, 2.75) is 32.1 Å². The van der Waals surface area contributed by atoms with E-state index < -0.39 is 5.41 Å². The molecule has 0 radical (unpaired) electrons. The molecule has 0 amide bonds. The quantitative estimate of drug-likeness (QED) is 0.672. The fraction of sp³-hybridized carbons (Fsp3) is 0.500. The third-order valence-electron chi connectivity index (χ3n) is 4.26. The summed E-state index contributed by atoms with van der Waals surface area (Å²) in [7, 11) is 0. The Kier molecular flexibility index (Phi) is 3.65. The average molecular weight is 244 g/mol. The lowest BCUT2D eigenvalue weighted by molar-refractivity contribution is -0.142. The second kappa shape index (κ2) is 5.05. The van der Waals surface area contributed by atoms with Crippen LogP contribution in [0, 0.1) is 17.3 Å². The number of allylic oxidation sites excluding steroid dienone is 4. The molecule has 1 saturated carbocycles. The first-order chi connectivity index (χ1) is 8.64. The van der Waals surface area contributed by atoms with Gasteiger partial charge in [0.05, 0.1) is 5.41 Å². The summed E-state index contributed by atoms with van der Waals surface area (Å²) in [4.78, 5) is 24.6. The Morgan fingerprint density at radius 3 is 2.83 bits per heavy atom. The molecule has 0 N–H and O–H groups in total. The Hall–Kier alpha value is -1.44. The van der Waals surface area contributed by atoms with Gasteiger partial charge in [-0.15, -0.1) is 13.2 Å². The number of Topliss-reactive ketones (excluding diaryl/α,β-unsaturated/α-hetero) is 2. The van der Waals surface area contributed by atoms with Gasteiger partial charge in [0.25, 0.3) is 0 Å². The Bertz CT molecular complexity index is 419. The van der Waals surface area contributed by atoms with Crippen molar-refractivity contribution in [1.29, 1.82) is 0 Å². The van der Waals surface area contributed by atoms with E-state index in [0.717, 1.165) is 6.42 Å². The predicted octanol–water partition coefficient (Wildman–Crippen LogP) is 3.25. The number of carbonyl (C=O) groups excluding carboxylic acids is 2. The third-order valence-corrected chi connectivity index (χ3v) is 4.26. The summed E-state index contributed by atoms with van der Waals surface area (Å²) in [6.07, 6.45) is 10.8. The topological polar surface area (TPSA) is 34.1 Å². The number of hydrogen-bond donors (Lipinski definition) is 0. The first-order valence-electron chi connectivity index (χ1n) is 6.61. The van der Waals surface area contributed by atoms with Gasteiger partial charge in [-0.1, -0.05) is 24.3 Å². The lowest BCUT2D eigenvalue weighted by Crippen LogP contribution is -2.49. The van der Waals surface area contributed by atoms with Gasteiger partial charge in [0.15, 0.2) is 0 Å². The maximum atomic E-state index is 12.3. The van der Waals surface area contributed by atoms with Crippen LogP contribution in [0.1, 0.15) is 32.1 Å². The summed E-state index contributed by atoms with van der Waals surface area (Å²) in [6, 6.07) is 0. The van der Waals surface area contributed by atoms with E-state index in [9.17, 15) is 9.59 Å². The molecule has 18 heavy (non-hydrogen) atoms. The first kappa shape index (κ1) is 13.0. The summed E-state index contributed by atoms with van der Waals surface area (Å²) in [5.41, 5.74) is -0.589. The zero-order valence-corrected chi connectivity index (χ0v) is 10.7. The summed E-state index contributed by atoms with van der Waals surface area (Å²) in [5.74, 6) is 0.547. The van der Waals surface area contributed by atoms with E-state index in [1.165, 1.54) is 0 Å². The van der Waals surface area contributed by atoms with Crippen molar-refractivity contribution < 1.29 is 9.59 Å². The molecule has 2 nitrogen and oxygen atoms in total. The van der Waals surface area contributed by atoms with Crippen LogP contribution in [0.15, 0.2) is 37.5 Å². The number of fused-ring (bicyclic) bond motifs is 2. The van der Waals surface area contributed by atoms with Gasteiger partial charge in [-0.25, -0.2) is 0 Å². The Morgan fingerprint density at radius 1 is 1.44 bits per heavy atom. The monoisotopic (exact) mass is 244 g/mol. The van der Waals surface area contributed by atoms with Crippen LogP contribution in [0.2, 0.25) is 0 Å². The van der Waals surface area contributed by atoms with E-state index in [1.807, 2.05) is 6.08 Å². The van der Waals surface area contributed by atoms with Crippen molar-refractivity contribution in [3.05, 3.63) is 37.5 Å². The molecule has 0 aliphatic heterocycles. The van der Waals surface area contributed by atoms with Gasteiger partial charge in [-0.3, -0.25) is 9.59 Å². The molecule has 0 saturated heterocycles. The molecule has 0 heterocycles.